The van der Waals surface area contributed by atoms with Crippen LogP contribution >= 0.6 is 0 Å². The Morgan fingerprint density at radius 1 is 1.00 bits per heavy atom. The minimum atomic E-state index is -0.415. The molecular formula is C25H24N2O6. The van der Waals surface area contributed by atoms with Gasteiger partial charge in [-0.2, -0.15) is 0 Å². The molecule has 0 saturated carbocycles. The van der Waals surface area contributed by atoms with Gasteiger partial charge >= 0.3 is 0 Å². The Hall–Kier alpha value is -3.94. The van der Waals surface area contributed by atoms with E-state index in [-0.39, 0.29) is 23.2 Å². The van der Waals surface area contributed by atoms with Crippen molar-refractivity contribution in [2.24, 2.45) is 0 Å². The molecule has 2 atom stereocenters. The van der Waals surface area contributed by atoms with Gasteiger partial charge < -0.3 is 29.5 Å². The van der Waals surface area contributed by atoms with E-state index in [0.29, 0.717) is 41.5 Å². The molecule has 0 unspecified atom stereocenters. The highest BCUT2D eigenvalue weighted by Gasteiger charge is 2.41. The van der Waals surface area contributed by atoms with Crippen LogP contribution in [0.4, 0.5) is 5.88 Å². The Bertz CT molecular complexity index is 1290. The average molecular weight is 448 g/mol. The van der Waals surface area contributed by atoms with Crippen LogP contribution in [0.3, 0.4) is 0 Å². The number of phenolic OH excluding ortho intramolecular Hbond substituents is 2. The smallest absolute Gasteiger partial charge is 0.233 e. The third-order valence-corrected chi connectivity index (χ3v) is 6.47. The van der Waals surface area contributed by atoms with Crippen molar-refractivity contribution in [3.63, 3.8) is 0 Å². The van der Waals surface area contributed by atoms with Crippen LogP contribution in [0.25, 0.3) is 0 Å². The summed E-state index contributed by atoms with van der Waals surface area (Å²) in [7, 11) is 2.99. The van der Waals surface area contributed by atoms with Crippen molar-refractivity contribution in [1.82, 2.24) is 5.16 Å². The van der Waals surface area contributed by atoms with E-state index in [9.17, 15) is 15.0 Å². The van der Waals surface area contributed by atoms with Gasteiger partial charge in [0.15, 0.2) is 28.8 Å². The maximum absolute atomic E-state index is 13.6. The van der Waals surface area contributed by atoms with Gasteiger partial charge in [0.1, 0.15) is 0 Å². The number of aromatic nitrogens is 1. The van der Waals surface area contributed by atoms with Crippen LogP contribution in [0.2, 0.25) is 0 Å². The number of ether oxygens (including phenoxy) is 2. The summed E-state index contributed by atoms with van der Waals surface area (Å²) >= 11 is 0. The lowest BCUT2D eigenvalue weighted by atomic mass is 9.72. The summed E-state index contributed by atoms with van der Waals surface area (Å²) in [5.74, 6) is 0.798. The van der Waals surface area contributed by atoms with E-state index in [1.165, 1.54) is 14.2 Å². The molecule has 0 saturated heterocycles. The fourth-order valence-corrected chi connectivity index (χ4v) is 4.88. The number of benzene rings is 2. The number of methoxy groups -OCH3 is 2. The SMILES string of the molecule is COc1ccc([C@@H]2C3=C(C[C@H](c4ccc(O)c(OC)c4)CC3=O)Nc3onc(C)c32)cc1O. The monoisotopic (exact) mass is 448 g/mol. The van der Waals surface area contributed by atoms with Gasteiger partial charge in [0.05, 0.1) is 25.5 Å². The number of aryl methyl sites for hydroxylation is 1. The Balaban J connectivity index is 1.60. The second-order valence-electron chi connectivity index (χ2n) is 8.35. The highest BCUT2D eigenvalue weighted by Crippen LogP contribution is 2.50. The minimum absolute atomic E-state index is 0.00339. The highest BCUT2D eigenvalue weighted by molar-refractivity contribution is 6.01. The van der Waals surface area contributed by atoms with E-state index in [1.54, 1.807) is 24.3 Å². The molecule has 0 amide bonds. The third kappa shape index (κ3) is 3.38. The summed E-state index contributed by atoms with van der Waals surface area (Å²) in [4.78, 5) is 13.6. The molecule has 1 aliphatic carbocycles. The molecule has 170 valence electrons. The van der Waals surface area contributed by atoms with Gasteiger partial charge in [0, 0.05) is 23.6 Å². The van der Waals surface area contributed by atoms with Gasteiger partial charge in [0.25, 0.3) is 0 Å². The fraction of sp³-hybridized carbons (Fsp3) is 0.280. The van der Waals surface area contributed by atoms with Gasteiger partial charge in [-0.1, -0.05) is 17.3 Å². The Morgan fingerprint density at radius 3 is 2.48 bits per heavy atom. The molecule has 3 aromatic rings. The van der Waals surface area contributed by atoms with E-state index in [1.807, 2.05) is 19.1 Å². The van der Waals surface area contributed by atoms with E-state index in [2.05, 4.69) is 10.5 Å². The molecule has 0 fully saturated rings. The Kier molecular flexibility index (Phi) is 5.00. The number of fused-ring (bicyclic) bond motifs is 1. The van der Waals surface area contributed by atoms with Crippen molar-refractivity contribution in [3.05, 3.63) is 70.1 Å². The number of carbonyl (C=O) groups excluding carboxylic acids is 1. The molecule has 8 heteroatoms. The van der Waals surface area contributed by atoms with Crippen LogP contribution in [0, 0.1) is 6.92 Å². The van der Waals surface area contributed by atoms with Crippen molar-refractivity contribution in [2.45, 2.75) is 31.6 Å². The van der Waals surface area contributed by atoms with E-state index in [0.717, 1.165) is 22.4 Å². The third-order valence-electron chi connectivity index (χ3n) is 6.47. The topological polar surface area (TPSA) is 114 Å². The molecule has 1 aliphatic heterocycles. The molecule has 2 aromatic carbocycles. The van der Waals surface area contributed by atoms with Crippen molar-refractivity contribution in [3.8, 4) is 23.0 Å². The summed E-state index contributed by atoms with van der Waals surface area (Å²) in [6.45, 7) is 1.84. The van der Waals surface area contributed by atoms with Gasteiger partial charge in [0.2, 0.25) is 5.88 Å². The summed E-state index contributed by atoms with van der Waals surface area (Å²) in [6.07, 6.45) is 0.888. The number of Topliss-reactive ketones (excluding diaryl/α,β-unsaturated/α-hetero) is 1. The molecule has 33 heavy (non-hydrogen) atoms. The molecule has 0 spiro atoms. The lowest BCUT2D eigenvalue weighted by Gasteiger charge is -2.34. The van der Waals surface area contributed by atoms with Crippen LogP contribution in [-0.4, -0.2) is 35.4 Å². The zero-order chi connectivity index (χ0) is 23.3. The van der Waals surface area contributed by atoms with E-state index >= 15 is 0 Å². The summed E-state index contributed by atoms with van der Waals surface area (Å²) in [6, 6.07) is 10.3. The van der Waals surface area contributed by atoms with Crippen molar-refractivity contribution < 1.29 is 29.0 Å². The first-order valence-corrected chi connectivity index (χ1v) is 10.6. The molecule has 2 aliphatic rings. The zero-order valence-corrected chi connectivity index (χ0v) is 18.5. The largest absolute Gasteiger partial charge is 0.504 e. The number of hydrogen-bond donors (Lipinski definition) is 3. The number of nitrogens with zero attached hydrogens (tertiary/aromatic N) is 1. The van der Waals surface area contributed by atoms with Crippen LogP contribution in [0.5, 0.6) is 23.0 Å². The maximum Gasteiger partial charge on any atom is 0.233 e. The number of allylic oxidation sites excluding steroid dienone is 2. The quantitative estimate of drug-likeness (QED) is 0.539. The van der Waals surface area contributed by atoms with Gasteiger partial charge in [-0.25, -0.2) is 0 Å². The molecule has 2 heterocycles. The molecular weight excluding hydrogens is 424 g/mol. The average Bonchev–Trinajstić information content (AvgIpc) is 3.18. The van der Waals surface area contributed by atoms with Crippen LogP contribution < -0.4 is 14.8 Å². The number of rotatable bonds is 4. The number of aromatic hydroxyl groups is 2. The number of ketones is 1. The Morgan fingerprint density at radius 2 is 1.76 bits per heavy atom. The number of phenols is 2. The molecule has 3 N–H and O–H groups in total. The molecule has 0 bridgehead atoms. The van der Waals surface area contributed by atoms with Crippen LogP contribution in [0.15, 0.2) is 52.2 Å². The summed E-state index contributed by atoms with van der Waals surface area (Å²) in [5.41, 5.74) is 4.56. The second kappa shape index (κ2) is 7.88. The molecule has 0 radical (unpaired) electrons. The van der Waals surface area contributed by atoms with Crippen LogP contribution in [0.1, 0.15) is 47.1 Å². The normalized spacial score (nSPS) is 19.5. The van der Waals surface area contributed by atoms with E-state index < -0.39 is 5.92 Å². The summed E-state index contributed by atoms with van der Waals surface area (Å²) < 4.78 is 16.0. The molecule has 8 nitrogen and oxygen atoms in total. The minimum Gasteiger partial charge on any atom is -0.504 e. The van der Waals surface area contributed by atoms with Crippen LogP contribution in [-0.2, 0) is 4.79 Å². The standard InChI is InChI=1S/C25H24N2O6/c1-12-22-23(14-5-7-20(31-2)18(29)9-14)24-16(26-25(22)33-27-12)8-15(10-19(24)30)13-4-6-17(28)21(11-13)32-3/h4-7,9,11,15,23,26,28-29H,8,10H2,1-3H3/t15-,23-/m0/s1. The van der Waals surface area contributed by atoms with Crippen molar-refractivity contribution in [2.75, 3.05) is 19.5 Å². The van der Waals surface area contributed by atoms with Gasteiger partial charge in [-0.15, -0.1) is 0 Å². The molecule has 1 aromatic heterocycles. The number of hydrogen-bond acceptors (Lipinski definition) is 8. The van der Waals surface area contributed by atoms with Gasteiger partial charge in [-0.3, -0.25) is 4.79 Å². The summed E-state index contributed by atoms with van der Waals surface area (Å²) in [5, 5.41) is 27.7. The second-order valence-corrected chi connectivity index (χ2v) is 8.35. The lowest BCUT2D eigenvalue weighted by molar-refractivity contribution is -0.116. The first-order valence-electron chi connectivity index (χ1n) is 10.6. The van der Waals surface area contributed by atoms with Crippen molar-refractivity contribution in [1.29, 1.82) is 0 Å². The number of anilines is 1. The van der Waals surface area contributed by atoms with E-state index in [4.69, 9.17) is 14.0 Å². The zero-order valence-electron chi connectivity index (χ0n) is 18.5. The highest BCUT2D eigenvalue weighted by atomic mass is 16.5. The first kappa shape index (κ1) is 20.9. The first-order chi connectivity index (χ1) is 15.9. The number of nitrogens with one attached hydrogen (secondary N) is 1. The Labute approximate surface area is 190 Å². The predicted molar refractivity (Wildman–Crippen MR) is 120 cm³/mol. The fourth-order valence-electron chi connectivity index (χ4n) is 4.88. The predicted octanol–water partition coefficient (Wildman–Crippen LogP) is 4.37. The van der Waals surface area contributed by atoms with Crippen molar-refractivity contribution >= 4 is 11.7 Å². The maximum atomic E-state index is 13.6. The number of carbonyl (C=O) groups is 1. The lowest BCUT2D eigenvalue weighted by Crippen LogP contribution is -2.29. The van der Waals surface area contributed by atoms with Gasteiger partial charge in [-0.05, 0) is 54.7 Å². The molecule has 5 rings (SSSR count).